The summed E-state index contributed by atoms with van der Waals surface area (Å²) < 4.78 is 10.8. The van der Waals surface area contributed by atoms with Gasteiger partial charge in [0.2, 0.25) is 5.91 Å². The molecule has 1 aromatic carbocycles. The minimum atomic E-state index is -0.0422. The molecule has 8 heteroatoms. The monoisotopic (exact) mass is 375 g/mol. The molecule has 0 aliphatic heterocycles. The highest BCUT2D eigenvalue weighted by Crippen LogP contribution is 2.27. The second-order valence-electron chi connectivity index (χ2n) is 5.11. The average molecular weight is 375 g/mol. The van der Waals surface area contributed by atoms with Crippen LogP contribution >= 0.6 is 23.5 Å². The molecule has 0 bridgehead atoms. The first kappa shape index (κ1) is 17.6. The summed E-state index contributed by atoms with van der Waals surface area (Å²) in [6, 6.07) is 9.52. The summed E-state index contributed by atoms with van der Waals surface area (Å²) in [6.07, 6.45) is 3.92. The van der Waals surface area contributed by atoms with Crippen molar-refractivity contribution in [1.82, 2.24) is 10.2 Å². The molecule has 1 N–H and O–H groups in total. The molecule has 2 heterocycles. The van der Waals surface area contributed by atoms with Crippen molar-refractivity contribution in [3.05, 3.63) is 42.4 Å². The third kappa shape index (κ3) is 4.46. The van der Waals surface area contributed by atoms with Crippen molar-refractivity contribution in [1.29, 1.82) is 0 Å². The van der Waals surface area contributed by atoms with Crippen molar-refractivity contribution < 1.29 is 13.6 Å². The highest BCUT2D eigenvalue weighted by atomic mass is 32.2. The number of anilines is 1. The van der Waals surface area contributed by atoms with E-state index in [1.165, 1.54) is 11.8 Å². The van der Waals surface area contributed by atoms with Crippen molar-refractivity contribution in [3.63, 3.8) is 0 Å². The predicted molar refractivity (Wildman–Crippen MR) is 98.9 cm³/mol. The van der Waals surface area contributed by atoms with E-state index in [-0.39, 0.29) is 5.91 Å². The second-order valence-corrected chi connectivity index (χ2v) is 7.00. The predicted octanol–water partition coefficient (Wildman–Crippen LogP) is 4.48. The van der Waals surface area contributed by atoms with Crippen LogP contribution < -0.4 is 5.32 Å². The maximum Gasteiger partial charge on any atom is 0.276 e. The molecule has 3 aromatic rings. The van der Waals surface area contributed by atoms with E-state index in [9.17, 15) is 4.79 Å². The standard InChI is InChI=1S/C17H17N3O3S2/c1-11-12(7-9-22-11)16-19-20-17(23-16)25-10-8-15(21)18-13-5-3-4-6-14(13)24-2/h3-7,9H,8,10H2,1-2H3,(H,18,21). The average Bonchev–Trinajstić information content (AvgIpc) is 3.24. The summed E-state index contributed by atoms with van der Waals surface area (Å²) in [5, 5.41) is 11.4. The summed E-state index contributed by atoms with van der Waals surface area (Å²) in [5.41, 5.74) is 1.62. The zero-order valence-electron chi connectivity index (χ0n) is 13.8. The molecule has 130 valence electrons. The number of carbonyl (C=O) groups is 1. The van der Waals surface area contributed by atoms with Crippen LogP contribution in [-0.2, 0) is 4.79 Å². The Morgan fingerprint density at radius 3 is 2.84 bits per heavy atom. The third-order valence-corrected chi connectivity index (χ3v) is 5.05. The molecule has 2 aromatic heterocycles. The van der Waals surface area contributed by atoms with Crippen molar-refractivity contribution in [2.24, 2.45) is 0 Å². The van der Waals surface area contributed by atoms with Gasteiger partial charge < -0.3 is 14.2 Å². The number of benzene rings is 1. The Balaban J connectivity index is 1.51. The third-order valence-electron chi connectivity index (χ3n) is 3.43. The number of nitrogens with one attached hydrogen (secondary N) is 1. The summed E-state index contributed by atoms with van der Waals surface area (Å²) in [5.74, 6) is 1.66. The van der Waals surface area contributed by atoms with Gasteiger partial charge in [-0.2, -0.15) is 0 Å². The first-order chi connectivity index (χ1) is 12.2. The Kier molecular flexibility index (Phi) is 5.83. The number of nitrogens with zero attached hydrogens (tertiary/aromatic N) is 2. The van der Waals surface area contributed by atoms with Crippen LogP contribution in [0.4, 0.5) is 5.69 Å². The lowest BCUT2D eigenvalue weighted by Crippen LogP contribution is -2.12. The molecule has 6 nitrogen and oxygen atoms in total. The van der Waals surface area contributed by atoms with Gasteiger partial charge in [0.25, 0.3) is 11.1 Å². The van der Waals surface area contributed by atoms with Crippen molar-refractivity contribution in [3.8, 4) is 11.5 Å². The highest BCUT2D eigenvalue weighted by molar-refractivity contribution is 7.99. The molecule has 0 atom stereocenters. The molecular formula is C17H17N3O3S2. The van der Waals surface area contributed by atoms with Gasteiger partial charge in [-0.1, -0.05) is 23.9 Å². The number of aromatic nitrogens is 2. The second kappa shape index (κ2) is 8.26. The zero-order valence-corrected chi connectivity index (χ0v) is 15.4. The van der Waals surface area contributed by atoms with Crippen LogP contribution in [0.25, 0.3) is 11.5 Å². The number of thioether (sulfide) groups is 2. The van der Waals surface area contributed by atoms with E-state index in [1.54, 1.807) is 24.1 Å². The number of carbonyl (C=O) groups excluding carboxylic acids is 1. The van der Waals surface area contributed by atoms with Gasteiger partial charge in [-0.15, -0.1) is 22.0 Å². The molecule has 0 radical (unpaired) electrons. The molecule has 1 amide bonds. The van der Waals surface area contributed by atoms with E-state index in [0.29, 0.717) is 23.3 Å². The van der Waals surface area contributed by atoms with Crippen LogP contribution in [0.1, 0.15) is 12.2 Å². The molecule has 0 saturated carbocycles. The van der Waals surface area contributed by atoms with Crippen LogP contribution in [0, 0.1) is 6.92 Å². The number of amides is 1. The Labute approximate surface area is 153 Å². The van der Waals surface area contributed by atoms with Gasteiger partial charge in [0.1, 0.15) is 5.76 Å². The number of aryl methyl sites for hydroxylation is 1. The molecule has 0 fully saturated rings. The summed E-state index contributed by atoms with van der Waals surface area (Å²) in [7, 11) is 0. The molecule has 3 rings (SSSR count). The molecule has 0 aliphatic rings. The Hall–Kier alpha value is -2.19. The zero-order chi connectivity index (χ0) is 17.6. The van der Waals surface area contributed by atoms with Gasteiger partial charge in [-0.3, -0.25) is 4.79 Å². The minimum absolute atomic E-state index is 0.0422. The molecular weight excluding hydrogens is 358 g/mol. The minimum Gasteiger partial charge on any atom is -0.469 e. The van der Waals surface area contributed by atoms with E-state index in [0.717, 1.165) is 21.9 Å². The number of furan rings is 1. The van der Waals surface area contributed by atoms with Gasteiger partial charge in [-0.25, -0.2) is 0 Å². The van der Waals surface area contributed by atoms with Crippen molar-refractivity contribution in [2.45, 2.75) is 23.5 Å². The van der Waals surface area contributed by atoms with Crippen LogP contribution in [0.3, 0.4) is 0 Å². The van der Waals surface area contributed by atoms with Gasteiger partial charge in [-0.05, 0) is 31.4 Å². The number of para-hydroxylation sites is 1. The van der Waals surface area contributed by atoms with E-state index in [4.69, 9.17) is 8.83 Å². The maximum atomic E-state index is 12.1. The molecule has 0 aliphatic carbocycles. The smallest absolute Gasteiger partial charge is 0.276 e. The topological polar surface area (TPSA) is 81.2 Å². The van der Waals surface area contributed by atoms with E-state index in [2.05, 4.69) is 15.5 Å². The molecule has 25 heavy (non-hydrogen) atoms. The summed E-state index contributed by atoms with van der Waals surface area (Å²) >= 11 is 2.96. The quantitative estimate of drug-likeness (QED) is 0.610. The lowest BCUT2D eigenvalue weighted by Gasteiger charge is -2.08. The van der Waals surface area contributed by atoms with Gasteiger partial charge in [0.15, 0.2) is 0 Å². The van der Waals surface area contributed by atoms with Crippen molar-refractivity contribution in [2.75, 3.05) is 17.3 Å². The fraction of sp³-hybridized carbons (Fsp3) is 0.235. The first-order valence-corrected chi connectivity index (χ1v) is 9.82. The van der Waals surface area contributed by atoms with E-state index < -0.39 is 0 Å². The fourth-order valence-electron chi connectivity index (χ4n) is 2.18. The van der Waals surface area contributed by atoms with E-state index >= 15 is 0 Å². The number of rotatable bonds is 7. The largest absolute Gasteiger partial charge is 0.469 e. The van der Waals surface area contributed by atoms with Crippen LogP contribution in [0.15, 0.2) is 55.5 Å². The summed E-state index contributed by atoms with van der Waals surface area (Å²) in [6.45, 7) is 1.84. The first-order valence-electron chi connectivity index (χ1n) is 7.61. The van der Waals surface area contributed by atoms with Crippen molar-refractivity contribution >= 4 is 35.1 Å². The maximum absolute atomic E-state index is 12.1. The van der Waals surface area contributed by atoms with Gasteiger partial charge in [0.05, 0.1) is 17.5 Å². The summed E-state index contributed by atoms with van der Waals surface area (Å²) in [4.78, 5) is 13.1. The molecule has 0 unspecified atom stereocenters. The SMILES string of the molecule is CSc1ccccc1NC(=O)CCSc1nnc(-c2ccoc2C)o1. The van der Waals surface area contributed by atoms with Crippen LogP contribution in [0.2, 0.25) is 0 Å². The lowest BCUT2D eigenvalue weighted by molar-refractivity contribution is -0.115. The van der Waals surface area contributed by atoms with Crippen LogP contribution in [0.5, 0.6) is 0 Å². The lowest BCUT2D eigenvalue weighted by atomic mass is 10.3. The normalized spacial score (nSPS) is 10.8. The number of hydrogen-bond acceptors (Lipinski definition) is 7. The Morgan fingerprint density at radius 1 is 1.24 bits per heavy atom. The van der Waals surface area contributed by atoms with E-state index in [1.807, 2.05) is 37.4 Å². The Morgan fingerprint density at radius 2 is 2.08 bits per heavy atom. The molecule has 0 saturated heterocycles. The fourth-order valence-corrected chi connectivity index (χ4v) is 3.43. The van der Waals surface area contributed by atoms with Gasteiger partial charge >= 0.3 is 0 Å². The Bertz CT molecular complexity index is 860. The number of hydrogen-bond donors (Lipinski definition) is 1. The highest BCUT2D eigenvalue weighted by Gasteiger charge is 2.14. The van der Waals surface area contributed by atoms with Crippen LogP contribution in [-0.4, -0.2) is 28.1 Å². The van der Waals surface area contributed by atoms with Gasteiger partial charge in [0, 0.05) is 17.1 Å². The molecule has 0 spiro atoms.